The summed E-state index contributed by atoms with van der Waals surface area (Å²) in [5.41, 5.74) is 0. The van der Waals surface area contributed by atoms with Crippen LogP contribution in [0.15, 0.2) is 46.2 Å². The quantitative estimate of drug-likeness (QED) is 0.538. The molecule has 0 fully saturated rings. The lowest BCUT2D eigenvalue weighted by atomic mass is 10.3. The average molecular weight is 362 g/mol. The fourth-order valence-electron chi connectivity index (χ4n) is 2.14. The van der Waals surface area contributed by atoms with Crippen molar-refractivity contribution < 1.29 is 19.7 Å². The van der Waals surface area contributed by atoms with Gasteiger partial charge in [0.2, 0.25) is 0 Å². The van der Waals surface area contributed by atoms with Gasteiger partial charge in [0.15, 0.2) is 23.0 Å². The van der Waals surface area contributed by atoms with Crippen molar-refractivity contribution in [2.75, 3.05) is 13.2 Å². The van der Waals surface area contributed by atoms with Gasteiger partial charge < -0.3 is 19.7 Å². The summed E-state index contributed by atoms with van der Waals surface area (Å²) in [6, 6.07) is 10.6. The van der Waals surface area contributed by atoms with E-state index in [4.69, 9.17) is 9.47 Å². The first kappa shape index (κ1) is 19.3. The van der Waals surface area contributed by atoms with Gasteiger partial charge in [0.1, 0.15) is 0 Å². The smallest absolute Gasteiger partial charge is 0.162 e. The molecule has 0 aliphatic heterocycles. The van der Waals surface area contributed by atoms with Crippen LogP contribution in [0.5, 0.6) is 23.0 Å². The van der Waals surface area contributed by atoms with E-state index in [-0.39, 0.29) is 11.5 Å². The highest BCUT2D eigenvalue weighted by Gasteiger charge is 2.08. The minimum atomic E-state index is 0.148. The summed E-state index contributed by atoms with van der Waals surface area (Å²) in [6.45, 7) is 5.38. The van der Waals surface area contributed by atoms with E-state index >= 15 is 0 Å². The van der Waals surface area contributed by atoms with Crippen molar-refractivity contribution in [2.45, 2.75) is 49.3 Å². The minimum Gasteiger partial charge on any atom is -0.504 e. The summed E-state index contributed by atoms with van der Waals surface area (Å²) in [7, 11) is 0. The van der Waals surface area contributed by atoms with E-state index in [1.54, 1.807) is 12.1 Å². The number of hydrogen-bond donors (Lipinski definition) is 2. The predicted octanol–water partition coefficient (Wildman–Crippen LogP) is 5.61. The maximum atomic E-state index is 9.91. The minimum absolute atomic E-state index is 0.148. The van der Waals surface area contributed by atoms with Crippen molar-refractivity contribution in [3.05, 3.63) is 36.4 Å². The molecule has 136 valence electrons. The number of rotatable bonds is 10. The molecule has 0 spiro atoms. The Balaban J connectivity index is 2.08. The molecule has 0 aliphatic rings. The van der Waals surface area contributed by atoms with E-state index in [1.165, 1.54) is 11.8 Å². The Hall–Kier alpha value is -2.01. The fourth-order valence-corrected chi connectivity index (χ4v) is 3.01. The zero-order valence-corrected chi connectivity index (χ0v) is 15.6. The van der Waals surface area contributed by atoms with Crippen LogP contribution < -0.4 is 9.47 Å². The zero-order chi connectivity index (χ0) is 18.1. The number of phenols is 2. The molecule has 2 rings (SSSR count). The van der Waals surface area contributed by atoms with E-state index in [0.29, 0.717) is 24.7 Å². The SMILES string of the molecule is CCCCOc1cc(Sc2ccc(O)c(OCCCC)c2)ccc1O. The van der Waals surface area contributed by atoms with E-state index < -0.39 is 0 Å². The van der Waals surface area contributed by atoms with Crippen molar-refractivity contribution in [3.63, 3.8) is 0 Å². The maximum Gasteiger partial charge on any atom is 0.162 e. The lowest BCUT2D eigenvalue weighted by Crippen LogP contribution is -1.97. The molecule has 4 nitrogen and oxygen atoms in total. The third-order valence-corrected chi connectivity index (χ3v) is 4.59. The van der Waals surface area contributed by atoms with Crippen LogP contribution in [0.3, 0.4) is 0 Å². The van der Waals surface area contributed by atoms with Gasteiger partial charge in [0.05, 0.1) is 13.2 Å². The molecule has 0 saturated heterocycles. The first-order valence-electron chi connectivity index (χ1n) is 8.73. The summed E-state index contributed by atoms with van der Waals surface area (Å²) in [5, 5.41) is 19.8. The first-order chi connectivity index (χ1) is 12.1. The van der Waals surface area contributed by atoms with Crippen LogP contribution in [0.25, 0.3) is 0 Å². The normalized spacial score (nSPS) is 10.6. The second kappa shape index (κ2) is 10.1. The van der Waals surface area contributed by atoms with Crippen molar-refractivity contribution in [3.8, 4) is 23.0 Å². The van der Waals surface area contributed by atoms with E-state index in [1.807, 2.05) is 24.3 Å². The fraction of sp³-hybridized carbons (Fsp3) is 0.400. The van der Waals surface area contributed by atoms with Crippen molar-refractivity contribution >= 4 is 11.8 Å². The van der Waals surface area contributed by atoms with Gasteiger partial charge in [-0.05, 0) is 49.2 Å². The molecule has 0 aromatic heterocycles. The second-order valence-electron chi connectivity index (χ2n) is 5.77. The molecule has 0 saturated carbocycles. The van der Waals surface area contributed by atoms with Gasteiger partial charge in [-0.3, -0.25) is 0 Å². The molecular weight excluding hydrogens is 336 g/mol. The van der Waals surface area contributed by atoms with Gasteiger partial charge >= 0.3 is 0 Å². The standard InChI is InChI=1S/C20H26O4S/c1-3-5-11-23-19-13-15(7-9-17(19)21)25-16-8-10-18(22)20(14-16)24-12-6-4-2/h7-10,13-14,21-22H,3-6,11-12H2,1-2H3. The Morgan fingerprint density at radius 2 is 1.20 bits per heavy atom. The first-order valence-corrected chi connectivity index (χ1v) is 9.55. The molecule has 2 N–H and O–H groups in total. The van der Waals surface area contributed by atoms with Crippen LogP contribution in [-0.2, 0) is 0 Å². The summed E-state index contributed by atoms with van der Waals surface area (Å²) < 4.78 is 11.3. The van der Waals surface area contributed by atoms with Gasteiger partial charge in [-0.25, -0.2) is 0 Å². The molecule has 2 aromatic carbocycles. The van der Waals surface area contributed by atoms with Gasteiger partial charge in [-0.15, -0.1) is 0 Å². The highest BCUT2D eigenvalue weighted by atomic mass is 32.2. The van der Waals surface area contributed by atoms with Crippen LogP contribution in [0, 0.1) is 0 Å². The Kier molecular flexibility index (Phi) is 7.79. The number of aromatic hydroxyl groups is 2. The molecule has 0 bridgehead atoms. The number of benzene rings is 2. The van der Waals surface area contributed by atoms with Crippen LogP contribution >= 0.6 is 11.8 Å². The lowest BCUT2D eigenvalue weighted by molar-refractivity contribution is 0.292. The summed E-state index contributed by atoms with van der Waals surface area (Å²) >= 11 is 1.53. The molecule has 0 atom stereocenters. The molecule has 0 radical (unpaired) electrons. The zero-order valence-electron chi connectivity index (χ0n) is 14.8. The summed E-state index contributed by atoms with van der Waals surface area (Å²) in [5.74, 6) is 1.29. The van der Waals surface area contributed by atoms with Crippen molar-refractivity contribution in [1.82, 2.24) is 0 Å². The maximum absolute atomic E-state index is 9.91. The van der Waals surface area contributed by atoms with Gasteiger partial charge in [-0.1, -0.05) is 38.5 Å². The summed E-state index contributed by atoms with van der Waals surface area (Å²) in [4.78, 5) is 1.91. The Morgan fingerprint density at radius 3 is 1.60 bits per heavy atom. The Labute approximate surface area is 153 Å². The van der Waals surface area contributed by atoms with E-state index in [2.05, 4.69) is 13.8 Å². The second-order valence-corrected chi connectivity index (χ2v) is 6.91. The number of unbranched alkanes of at least 4 members (excludes halogenated alkanes) is 2. The molecular formula is C20H26O4S. The number of hydrogen-bond acceptors (Lipinski definition) is 5. The molecule has 2 aromatic rings. The van der Waals surface area contributed by atoms with Gasteiger partial charge in [0, 0.05) is 9.79 Å². The average Bonchev–Trinajstić information content (AvgIpc) is 2.61. The lowest BCUT2D eigenvalue weighted by Gasteiger charge is -2.11. The van der Waals surface area contributed by atoms with Crippen LogP contribution in [0.1, 0.15) is 39.5 Å². The molecule has 0 aliphatic carbocycles. The number of ether oxygens (including phenoxy) is 2. The predicted molar refractivity (Wildman–Crippen MR) is 101 cm³/mol. The monoisotopic (exact) mass is 362 g/mol. The van der Waals surface area contributed by atoms with E-state index in [9.17, 15) is 10.2 Å². The molecule has 5 heteroatoms. The molecule has 0 amide bonds. The van der Waals surface area contributed by atoms with Gasteiger partial charge in [0.25, 0.3) is 0 Å². The van der Waals surface area contributed by atoms with Crippen LogP contribution in [-0.4, -0.2) is 23.4 Å². The number of phenolic OH excluding ortho intramolecular Hbond substituents is 2. The van der Waals surface area contributed by atoms with Crippen molar-refractivity contribution in [1.29, 1.82) is 0 Å². The Bertz CT molecular complexity index is 615. The van der Waals surface area contributed by atoms with Crippen molar-refractivity contribution in [2.24, 2.45) is 0 Å². The summed E-state index contributed by atoms with van der Waals surface area (Å²) in [6.07, 6.45) is 3.99. The largest absolute Gasteiger partial charge is 0.504 e. The highest BCUT2D eigenvalue weighted by Crippen LogP contribution is 2.38. The van der Waals surface area contributed by atoms with Crippen LogP contribution in [0.4, 0.5) is 0 Å². The molecule has 25 heavy (non-hydrogen) atoms. The molecule has 0 heterocycles. The van der Waals surface area contributed by atoms with Crippen LogP contribution in [0.2, 0.25) is 0 Å². The highest BCUT2D eigenvalue weighted by molar-refractivity contribution is 7.99. The molecule has 0 unspecified atom stereocenters. The van der Waals surface area contributed by atoms with E-state index in [0.717, 1.165) is 35.5 Å². The van der Waals surface area contributed by atoms with Gasteiger partial charge in [-0.2, -0.15) is 0 Å². The Morgan fingerprint density at radius 1 is 0.760 bits per heavy atom. The third kappa shape index (κ3) is 6.09. The third-order valence-electron chi connectivity index (χ3n) is 3.61. The topological polar surface area (TPSA) is 58.9 Å².